The van der Waals surface area contributed by atoms with Gasteiger partial charge in [-0.15, -0.1) is 0 Å². The molecule has 1 fully saturated rings. The molecule has 0 N–H and O–H groups in total. The maximum Gasteiger partial charge on any atom is 0.374 e. The number of hydrogen-bond donors (Lipinski definition) is 0. The minimum atomic E-state index is -0.595. The van der Waals surface area contributed by atoms with Crippen molar-refractivity contribution in [1.29, 1.82) is 0 Å². The van der Waals surface area contributed by atoms with Gasteiger partial charge in [-0.05, 0) is 24.3 Å². The predicted molar refractivity (Wildman–Crippen MR) is 72.2 cm³/mol. The molecule has 1 amide bonds. The van der Waals surface area contributed by atoms with Crippen molar-refractivity contribution in [2.24, 2.45) is 0 Å². The number of carbonyl (C=O) groups excluding carboxylic acids is 2. The zero-order valence-electron chi connectivity index (χ0n) is 11.5. The summed E-state index contributed by atoms with van der Waals surface area (Å²) in [5.74, 6) is -0.984. The summed E-state index contributed by atoms with van der Waals surface area (Å²) in [6.07, 6.45) is 0.284. The Hall–Kier alpha value is -2.37. The van der Waals surface area contributed by atoms with Crippen molar-refractivity contribution < 1.29 is 23.1 Å². The number of carbonyl (C=O) groups is 2. The molecule has 0 saturated carbocycles. The molecule has 21 heavy (non-hydrogen) atoms. The number of rotatable bonds is 2. The van der Waals surface area contributed by atoms with Crippen molar-refractivity contribution in [2.75, 3.05) is 13.1 Å². The second-order valence-electron chi connectivity index (χ2n) is 5.07. The van der Waals surface area contributed by atoms with Crippen LogP contribution in [0.3, 0.4) is 0 Å². The highest BCUT2D eigenvalue weighted by Crippen LogP contribution is 2.22. The van der Waals surface area contributed by atoms with Crippen LogP contribution in [0.25, 0.3) is 11.0 Å². The van der Waals surface area contributed by atoms with Gasteiger partial charge in [0.05, 0.1) is 6.54 Å². The molecule has 1 atom stereocenters. The highest BCUT2D eigenvalue weighted by Gasteiger charge is 2.28. The Bertz CT molecular complexity index is 709. The number of ether oxygens (including phenoxy) is 1. The average Bonchev–Trinajstić information content (AvgIpc) is 3.04. The fraction of sp³-hybridized carbons (Fsp3) is 0.333. The summed E-state index contributed by atoms with van der Waals surface area (Å²) >= 11 is 0. The number of likely N-dealkylation sites (tertiary alicyclic amines) is 1. The van der Waals surface area contributed by atoms with E-state index in [0.29, 0.717) is 30.5 Å². The molecular formula is C15H14FNO4. The van der Waals surface area contributed by atoms with Crippen LogP contribution in [0.1, 0.15) is 23.9 Å². The van der Waals surface area contributed by atoms with Crippen molar-refractivity contribution in [3.8, 4) is 0 Å². The first kappa shape index (κ1) is 13.6. The van der Waals surface area contributed by atoms with Crippen molar-refractivity contribution in [2.45, 2.75) is 19.4 Å². The second kappa shape index (κ2) is 5.20. The van der Waals surface area contributed by atoms with E-state index in [1.54, 1.807) is 4.90 Å². The summed E-state index contributed by atoms with van der Waals surface area (Å²) in [6.45, 7) is 2.46. The van der Waals surface area contributed by atoms with Crippen LogP contribution < -0.4 is 0 Å². The normalized spacial score (nSPS) is 18.2. The number of fused-ring (bicyclic) bond motifs is 1. The fourth-order valence-electron chi connectivity index (χ4n) is 2.43. The summed E-state index contributed by atoms with van der Waals surface area (Å²) in [5, 5.41) is 0.513. The molecule has 3 rings (SSSR count). The van der Waals surface area contributed by atoms with E-state index >= 15 is 0 Å². The highest BCUT2D eigenvalue weighted by molar-refractivity contribution is 5.92. The predicted octanol–water partition coefficient (Wildman–Crippen LogP) is 2.35. The Morgan fingerprint density at radius 2 is 2.19 bits per heavy atom. The van der Waals surface area contributed by atoms with Crippen LogP contribution in [-0.4, -0.2) is 36.0 Å². The lowest BCUT2D eigenvalue weighted by Crippen LogP contribution is -2.28. The minimum absolute atomic E-state index is 0.0345. The zero-order valence-corrected chi connectivity index (χ0v) is 11.5. The molecule has 5 nitrogen and oxygen atoms in total. The van der Waals surface area contributed by atoms with E-state index in [-0.39, 0.29) is 17.8 Å². The van der Waals surface area contributed by atoms with E-state index in [1.807, 2.05) is 0 Å². The van der Waals surface area contributed by atoms with E-state index in [0.717, 1.165) is 0 Å². The van der Waals surface area contributed by atoms with Gasteiger partial charge in [0.1, 0.15) is 17.5 Å². The van der Waals surface area contributed by atoms with Crippen molar-refractivity contribution >= 4 is 22.8 Å². The monoisotopic (exact) mass is 291 g/mol. The molecule has 6 heteroatoms. The van der Waals surface area contributed by atoms with Crippen molar-refractivity contribution in [3.05, 3.63) is 35.8 Å². The first-order chi connectivity index (χ1) is 10.0. The minimum Gasteiger partial charge on any atom is -0.455 e. The number of benzene rings is 1. The number of hydrogen-bond acceptors (Lipinski definition) is 4. The van der Waals surface area contributed by atoms with Gasteiger partial charge >= 0.3 is 5.97 Å². The lowest BCUT2D eigenvalue weighted by Gasteiger charge is -2.13. The molecule has 0 aliphatic carbocycles. The first-order valence-electron chi connectivity index (χ1n) is 6.68. The molecule has 0 spiro atoms. The Balaban J connectivity index is 1.71. The van der Waals surface area contributed by atoms with E-state index in [4.69, 9.17) is 9.15 Å². The van der Waals surface area contributed by atoms with Crippen molar-refractivity contribution in [1.82, 2.24) is 4.90 Å². The zero-order chi connectivity index (χ0) is 15.0. The lowest BCUT2D eigenvalue weighted by atomic mass is 10.2. The highest BCUT2D eigenvalue weighted by atomic mass is 19.1. The molecule has 0 bridgehead atoms. The smallest absolute Gasteiger partial charge is 0.374 e. The number of furan rings is 1. The molecule has 1 aliphatic heterocycles. The summed E-state index contributed by atoms with van der Waals surface area (Å²) in [7, 11) is 0. The number of halogens is 1. The fourth-order valence-corrected chi connectivity index (χ4v) is 2.43. The average molecular weight is 291 g/mol. The van der Waals surface area contributed by atoms with Crippen LogP contribution in [0.2, 0.25) is 0 Å². The number of amides is 1. The summed E-state index contributed by atoms with van der Waals surface area (Å²) < 4.78 is 23.8. The third-order valence-corrected chi connectivity index (χ3v) is 3.54. The first-order valence-corrected chi connectivity index (χ1v) is 6.68. The number of esters is 1. The van der Waals surface area contributed by atoms with Crippen molar-refractivity contribution in [3.63, 3.8) is 0 Å². The van der Waals surface area contributed by atoms with E-state index in [9.17, 15) is 14.0 Å². The molecule has 1 aromatic carbocycles. The van der Waals surface area contributed by atoms with Crippen LogP contribution in [0.4, 0.5) is 4.39 Å². The molecule has 2 heterocycles. The Kier molecular flexibility index (Phi) is 3.37. The second-order valence-corrected chi connectivity index (χ2v) is 5.07. The van der Waals surface area contributed by atoms with Gasteiger partial charge in [-0.3, -0.25) is 4.79 Å². The molecular weight excluding hydrogens is 277 g/mol. The topological polar surface area (TPSA) is 59.8 Å². The standard InChI is InChI=1S/C15H14FNO4/c1-9(18)17-5-4-12(8-17)20-15(19)14-7-10-6-11(16)2-3-13(10)21-14/h2-3,6-7,12H,4-5,8H2,1H3/t12-/m1/s1. The Morgan fingerprint density at radius 3 is 2.90 bits per heavy atom. The maximum absolute atomic E-state index is 13.1. The van der Waals surface area contributed by atoms with Gasteiger partial charge in [-0.1, -0.05) is 0 Å². The van der Waals surface area contributed by atoms with Crippen LogP contribution in [0.15, 0.2) is 28.7 Å². The SMILES string of the molecule is CC(=O)N1CC[C@@H](OC(=O)c2cc3cc(F)ccc3o2)C1. The van der Waals surface area contributed by atoms with Gasteiger partial charge in [0, 0.05) is 25.3 Å². The Labute approximate surface area is 120 Å². The van der Waals surface area contributed by atoms with Gasteiger partial charge in [-0.25, -0.2) is 9.18 Å². The molecule has 1 saturated heterocycles. The third-order valence-electron chi connectivity index (χ3n) is 3.54. The lowest BCUT2D eigenvalue weighted by molar-refractivity contribution is -0.128. The van der Waals surface area contributed by atoms with Gasteiger partial charge < -0.3 is 14.1 Å². The summed E-state index contributed by atoms with van der Waals surface area (Å²) in [4.78, 5) is 24.9. The molecule has 1 aromatic heterocycles. The molecule has 0 radical (unpaired) electrons. The molecule has 0 unspecified atom stereocenters. The Morgan fingerprint density at radius 1 is 1.38 bits per heavy atom. The van der Waals surface area contributed by atoms with E-state index in [1.165, 1.54) is 31.2 Å². The third kappa shape index (κ3) is 2.74. The molecule has 1 aliphatic rings. The van der Waals surface area contributed by atoms with E-state index in [2.05, 4.69) is 0 Å². The van der Waals surface area contributed by atoms with Gasteiger partial charge in [0.25, 0.3) is 0 Å². The largest absolute Gasteiger partial charge is 0.455 e. The number of nitrogens with zero attached hydrogens (tertiary/aromatic N) is 1. The van der Waals surface area contributed by atoms with Gasteiger partial charge in [0.15, 0.2) is 0 Å². The molecule has 110 valence electrons. The van der Waals surface area contributed by atoms with Gasteiger partial charge in [0.2, 0.25) is 11.7 Å². The van der Waals surface area contributed by atoms with Gasteiger partial charge in [-0.2, -0.15) is 0 Å². The van der Waals surface area contributed by atoms with Crippen LogP contribution >= 0.6 is 0 Å². The van der Waals surface area contributed by atoms with Crippen LogP contribution in [-0.2, 0) is 9.53 Å². The van der Waals surface area contributed by atoms with E-state index < -0.39 is 11.8 Å². The quantitative estimate of drug-likeness (QED) is 0.797. The van der Waals surface area contributed by atoms with Crippen LogP contribution in [0, 0.1) is 5.82 Å². The summed E-state index contributed by atoms with van der Waals surface area (Å²) in [6, 6.07) is 5.48. The van der Waals surface area contributed by atoms with Crippen LogP contribution in [0.5, 0.6) is 0 Å². The maximum atomic E-state index is 13.1. The summed E-state index contributed by atoms with van der Waals surface area (Å²) in [5.41, 5.74) is 0.431. The molecule has 2 aromatic rings.